The highest BCUT2D eigenvalue weighted by atomic mass is 31.2. The number of nitrogens with one attached hydrogen (secondary N) is 1. The van der Waals surface area contributed by atoms with E-state index in [0.717, 1.165) is 27.5 Å². The average molecular weight is 783 g/mol. The number of hydrogen-bond donors (Lipinski definition) is 3. The third-order valence-corrected chi connectivity index (χ3v) is 14.8. The minimum Gasteiger partial charge on any atom is -0.497 e. The summed E-state index contributed by atoms with van der Waals surface area (Å²) >= 11 is 0. The second kappa shape index (κ2) is 16.8. The molecule has 16 heteroatoms. The summed E-state index contributed by atoms with van der Waals surface area (Å²) < 4.78 is 53.9. The predicted molar refractivity (Wildman–Crippen MR) is 205 cm³/mol. The molecule has 1 aliphatic rings. The van der Waals surface area contributed by atoms with Crippen molar-refractivity contribution in [3.05, 3.63) is 118 Å². The van der Waals surface area contributed by atoms with Crippen molar-refractivity contribution >= 4 is 28.6 Å². The van der Waals surface area contributed by atoms with Crippen molar-refractivity contribution in [2.45, 2.75) is 76.0 Å². The Kier molecular flexibility index (Phi) is 12.8. The highest BCUT2D eigenvalue weighted by Crippen LogP contribution is 2.47. The van der Waals surface area contributed by atoms with Crippen LogP contribution in [0.15, 0.2) is 89.9 Å². The Morgan fingerprint density at radius 2 is 1.50 bits per heavy atom. The molecule has 0 aliphatic carbocycles. The molecule has 3 aromatic carbocycles. The van der Waals surface area contributed by atoms with E-state index >= 15 is 4.39 Å². The van der Waals surface area contributed by atoms with Crippen LogP contribution in [-0.2, 0) is 28.8 Å². The number of ether oxygens (including phenoxy) is 4. The van der Waals surface area contributed by atoms with Gasteiger partial charge < -0.3 is 38.1 Å². The van der Waals surface area contributed by atoms with E-state index in [4.69, 9.17) is 33.4 Å². The first kappa shape index (κ1) is 41.1. The summed E-state index contributed by atoms with van der Waals surface area (Å²) in [5.41, 5.74) is 6.01. The number of anilines is 1. The maximum atomic E-state index is 15.4. The van der Waals surface area contributed by atoms with Crippen LogP contribution in [0.5, 0.6) is 11.5 Å². The molecule has 13 nitrogen and oxygen atoms in total. The number of methoxy groups -OCH3 is 2. The van der Waals surface area contributed by atoms with Crippen molar-refractivity contribution in [2.24, 2.45) is 5.50 Å². The van der Waals surface area contributed by atoms with Crippen LogP contribution in [0.3, 0.4) is 0 Å². The van der Waals surface area contributed by atoms with E-state index in [0.29, 0.717) is 11.5 Å². The van der Waals surface area contributed by atoms with Gasteiger partial charge in [0, 0.05) is 6.92 Å². The van der Waals surface area contributed by atoms with Crippen molar-refractivity contribution < 1.29 is 42.0 Å². The van der Waals surface area contributed by atoms with Gasteiger partial charge in [0.25, 0.3) is 8.53 Å². The Hall–Kier alpha value is -4.05. The maximum absolute atomic E-state index is 15.4. The maximum Gasteiger partial charge on any atom is 0.351 e. The summed E-state index contributed by atoms with van der Waals surface area (Å²) in [4.78, 5) is 39.5. The molecule has 0 spiro atoms. The Morgan fingerprint density at radius 3 is 1.98 bits per heavy atom. The summed E-state index contributed by atoms with van der Waals surface area (Å²) in [6, 6.07) is 24.6. The van der Waals surface area contributed by atoms with Gasteiger partial charge in [-0.15, -0.1) is 0 Å². The molecule has 0 bridgehead atoms. The summed E-state index contributed by atoms with van der Waals surface area (Å²) in [5.74, 6) is -0.806. The van der Waals surface area contributed by atoms with Gasteiger partial charge >= 0.3 is 5.69 Å². The third-order valence-electron chi connectivity index (χ3n) is 9.87. The number of carbonyl (C=O) groups excluding carboxylic acids is 1. The molecule has 54 heavy (non-hydrogen) atoms. The van der Waals surface area contributed by atoms with E-state index in [1.54, 1.807) is 14.2 Å². The zero-order chi connectivity index (χ0) is 39.4. The van der Waals surface area contributed by atoms with Gasteiger partial charge in [-0.3, -0.25) is 14.9 Å². The summed E-state index contributed by atoms with van der Waals surface area (Å²) in [6.45, 7) is 11.1. The molecule has 1 amide bonds. The quantitative estimate of drug-likeness (QED) is 0.0756. The summed E-state index contributed by atoms with van der Waals surface area (Å²) in [5, 5.41) is 1.91. The van der Waals surface area contributed by atoms with Crippen LogP contribution in [-0.4, -0.2) is 67.8 Å². The molecule has 290 valence electrons. The first-order chi connectivity index (χ1) is 25.5. The largest absolute Gasteiger partial charge is 0.497 e. The Labute approximate surface area is 316 Å². The number of aromatic nitrogens is 2. The van der Waals surface area contributed by atoms with Crippen LogP contribution in [0, 0.1) is 5.82 Å². The van der Waals surface area contributed by atoms with Gasteiger partial charge in [-0.25, -0.2) is 9.18 Å². The molecule has 0 saturated carbocycles. The van der Waals surface area contributed by atoms with E-state index in [1.807, 2.05) is 113 Å². The molecule has 1 fully saturated rings. The summed E-state index contributed by atoms with van der Waals surface area (Å²) in [7, 11) is -2.01. The molecule has 5 atom stereocenters. The van der Waals surface area contributed by atoms with Crippen molar-refractivity contribution in [3.63, 3.8) is 0 Å². The molecule has 1 saturated heterocycles. The normalized spacial score (nSPS) is 19.7. The van der Waals surface area contributed by atoms with Crippen molar-refractivity contribution in [3.8, 4) is 11.5 Å². The van der Waals surface area contributed by atoms with Gasteiger partial charge in [0.1, 0.15) is 35.4 Å². The molecule has 4 N–H and O–H groups in total. The SMILES string of the molecule is COc1ccc(C(OC[C@H]2O[C@@H](n3cc(F)c(NC(C)=O)nc3=O)[C@H](O[Si](C)(C)C(C)(C)C)[C@@H]2OP(N)O)(c2ccccc2)c2ccc(OC)cc2)cc1. The fourth-order valence-electron chi connectivity index (χ4n) is 6.12. The van der Waals surface area contributed by atoms with Crippen LogP contribution in [0.25, 0.3) is 0 Å². The highest BCUT2D eigenvalue weighted by molar-refractivity contribution is 7.43. The Morgan fingerprint density at radius 1 is 0.963 bits per heavy atom. The monoisotopic (exact) mass is 782 g/mol. The molecule has 0 radical (unpaired) electrons. The number of rotatable bonds is 14. The van der Waals surface area contributed by atoms with Crippen molar-refractivity contribution in [2.75, 3.05) is 26.1 Å². The minimum absolute atomic E-state index is 0.191. The Balaban J connectivity index is 1.66. The number of amides is 1. The number of carbonyl (C=O) groups is 1. The first-order valence-electron chi connectivity index (χ1n) is 17.3. The van der Waals surface area contributed by atoms with Crippen LogP contribution >= 0.6 is 8.53 Å². The number of hydrogen-bond acceptors (Lipinski definition) is 11. The summed E-state index contributed by atoms with van der Waals surface area (Å²) in [6.07, 6.45) is -3.62. The predicted octanol–water partition coefficient (Wildman–Crippen LogP) is 6.22. The fourth-order valence-corrected chi connectivity index (χ4v) is 7.91. The zero-order valence-electron chi connectivity index (χ0n) is 31.6. The fraction of sp³-hybridized carbons (Fsp3) is 0.395. The van der Waals surface area contributed by atoms with Crippen LogP contribution in [0.1, 0.15) is 50.6 Å². The highest BCUT2D eigenvalue weighted by Gasteiger charge is 2.53. The third kappa shape index (κ3) is 8.74. The lowest BCUT2D eigenvalue weighted by Crippen LogP contribution is -2.50. The van der Waals surface area contributed by atoms with E-state index in [2.05, 4.69) is 10.3 Å². The molecule has 4 aromatic rings. The van der Waals surface area contributed by atoms with Crippen molar-refractivity contribution in [1.29, 1.82) is 0 Å². The topological polar surface area (TPSA) is 166 Å². The average Bonchev–Trinajstić information content (AvgIpc) is 3.44. The number of benzene rings is 3. The lowest BCUT2D eigenvalue weighted by Gasteiger charge is -2.41. The van der Waals surface area contributed by atoms with E-state index in [-0.39, 0.29) is 11.6 Å². The molecule has 1 unspecified atom stereocenters. The standard InChI is InChI=1S/C38H48FN4O9PSi/c1-24(44)41-34-30(39)22-43(36(45)42-34)35-33(52-54(7,8)37(2,3)4)32(51-53(40)46)31(50-35)23-49-38(25-12-10-9-11-13-25,26-14-18-28(47-5)19-15-26)27-16-20-29(48-6)21-17-27/h9-22,31-33,35,46H,23,40H2,1-8H3,(H,41,42,44,45)/t31-,32-,33-,35-,53?/m1/s1. The lowest BCUT2D eigenvalue weighted by atomic mass is 9.80. The molecule has 2 heterocycles. The number of halogens is 1. The number of nitrogens with two attached hydrogens (primary N) is 1. The van der Waals surface area contributed by atoms with E-state index in [1.165, 1.54) is 6.92 Å². The smallest absolute Gasteiger partial charge is 0.351 e. The van der Waals surface area contributed by atoms with Gasteiger partial charge in [0.05, 0.1) is 27.0 Å². The second-order valence-corrected chi connectivity index (χ2v) is 20.0. The van der Waals surface area contributed by atoms with Gasteiger partial charge in [0.15, 0.2) is 26.2 Å². The minimum atomic E-state index is -2.69. The number of nitrogens with zero attached hydrogens (tertiary/aromatic N) is 2. The van der Waals surface area contributed by atoms with Crippen LogP contribution in [0.4, 0.5) is 10.2 Å². The second-order valence-electron chi connectivity index (χ2n) is 14.4. The molecule has 1 aliphatic heterocycles. The lowest BCUT2D eigenvalue weighted by molar-refractivity contribution is -0.114. The van der Waals surface area contributed by atoms with Crippen LogP contribution < -0.4 is 26.0 Å². The molecule has 1 aromatic heterocycles. The van der Waals surface area contributed by atoms with Gasteiger partial charge in [-0.1, -0.05) is 75.4 Å². The van der Waals surface area contributed by atoms with Crippen LogP contribution in [0.2, 0.25) is 18.1 Å². The Bertz CT molecular complexity index is 1900. The molecule has 5 rings (SSSR count). The van der Waals surface area contributed by atoms with Gasteiger partial charge in [-0.2, -0.15) is 4.98 Å². The van der Waals surface area contributed by atoms with Gasteiger partial charge in [-0.05, 0) is 59.1 Å². The van der Waals surface area contributed by atoms with E-state index < -0.39 is 70.2 Å². The van der Waals surface area contributed by atoms with Gasteiger partial charge in [0.2, 0.25) is 5.91 Å². The molecular weight excluding hydrogens is 734 g/mol. The first-order valence-corrected chi connectivity index (χ1v) is 21.5. The van der Waals surface area contributed by atoms with Crippen molar-refractivity contribution in [1.82, 2.24) is 9.55 Å². The zero-order valence-corrected chi connectivity index (χ0v) is 33.5. The molecular formula is C38H48FN4O9PSi. The van der Waals surface area contributed by atoms with E-state index in [9.17, 15) is 14.5 Å².